The third kappa shape index (κ3) is 5.52. The quantitative estimate of drug-likeness (QED) is 0.560. The van der Waals surface area contributed by atoms with E-state index in [9.17, 15) is 13.2 Å². The van der Waals surface area contributed by atoms with Crippen LogP contribution in [0.1, 0.15) is 36.6 Å². The number of sulfonamides is 1. The third-order valence-electron chi connectivity index (χ3n) is 5.21. The van der Waals surface area contributed by atoms with Gasteiger partial charge in [-0.1, -0.05) is 67.1 Å². The van der Waals surface area contributed by atoms with Crippen molar-refractivity contribution in [2.75, 3.05) is 10.8 Å². The van der Waals surface area contributed by atoms with Crippen molar-refractivity contribution in [1.82, 2.24) is 5.32 Å². The van der Waals surface area contributed by atoms with Gasteiger partial charge in [-0.2, -0.15) is 0 Å². The first kappa shape index (κ1) is 22.6. The second-order valence-corrected chi connectivity index (χ2v) is 9.41. The lowest BCUT2D eigenvalue weighted by Crippen LogP contribution is -2.41. The minimum atomic E-state index is -3.91. The lowest BCUT2D eigenvalue weighted by Gasteiger charge is -2.25. The fourth-order valence-electron chi connectivity index (χ4n) is 3.29. The van der Waals surface area contributed by atoms with Crippen LogP contribution in [0.15, 0.2) is 83.8 Å². The van der Waals surface area contributed by atoms with E-state index >= 15 is 0 Å². The minimum absolute atomic E-state index is 0.154. The van der Waals surface area contributed by atoms with Gasteiger partial charge in [0.05, 0.1) is 16.6 Å². The van der Waals surface area contributed by atoms with Crippen LogP contribution in [0, 0.1) is 6.92 Å². The van der Waals surface area contributed by atoms with Gasteiger partial charge in [0.1, 0.15) is 6.54 Å². The molecule has 0 aromatic heterocycles. The first-order valence-corrected chi connectivity index (χ1v) is 11.8. The van der Waals surface area contributed by atoms with E-state index in [0.717, 1.165) is 23.1 Å². The third-order valence-corrected chi connectivity index (χ3v) is 6.99. The van der Waals surface area contributed by atoms with Crippen molar-refractivity contribution in [3.05, 3.63) is 95.6 Å². The Morgan fingerprint density at radius 2 is 1.55 bits per heavy atom. The van der Waals surface area contributed by atoms with Gasteiger partial charge in [0, 0.05) is 0 Å². The van der Waals surface area contributed by atoms with Crippen LogP contribution in [0.5, 0.6) is 0 Å². The fourth-order valence-corrected chi connectivity index (χ4v) is 4.71. The van der Waals surface area contributed by atoms with E-state index in [0.29, 0.717) is 5.69 Å². The summed E-state index contributed by atoms with van der Waals surface area (Å²) in [6, 6.07) is 23.3. The number of carbonyl (C=O) groups excluding carboxylic acids is 1. The molecule has 3 rings (SSSR count). The maximum Gasteiger partial charge on any atom is 0.264 e. The Balaban J connectivity index is 1.90. The highest BCUT2D eigenvalue weighted by atomic mass is 32.2. The first-order valence-electron chi connectivity index (χ1n) is 10.3. The Bertz CT molecular complexity index is 1110. The monoisotopic (exact) mass is 436 g/mol. The van der Waals surface area contributed by atoms with Gasteiger partial charge in [-0.15, -0.1) is 0 Å². The fraction of sp³-hybridized carbons (Fsp3) is 0.240. The second kappa shape index (κ2) is 9.79. The van der Waals surface area contributed by atoms with Crippen molar-refractivity contribution in [3.63, 3.8) is 0 Å². The molecule has 3 aromatic carbocycles. The van der Waals surface area contributed by atoms with E-state index in [-0.39, 0.29) is 23.4 Å². The Kier molecular flexibility index (Phi) is 7.13. The van der Waals surface area contributed by atoms with Gasteiger partial charge >= 0.3 is 0 Å². The van der Waals surface area contributed by atoms with Gasteiger partial charge in [0.2, 0.25) is 5.91 Å². The van der Waals surface area contributed by atoms with Gasteiger partial charge in [-0.25, -0.2) is 8.42 Å². The van der Waals surface area contributed by atoms with Crippen LogP contribution in [0.2, 0.25) is 0 Å². The van der Waals surface area contributed by atoms with E-state index in [4.69, 9.17) is 0 Å². The molecule has 0 unspecified atom stereocenters. The molecule has 0 bridgehead atoms. The lowest BCUT2D eigenvalue weighted by molar-refractivity contribution is -0.120. The van der Waals surface area contributed by atoms with Gasteiger partial charge in [0.25, 0.3) is 10.0 Å². The molecular formula is C25H28N2O3S. The predicted molar refractivity (Wildman–Crippen MR) is 125 cm³/mol. The topological polar surface area (TPSA) is 66.5 Å². The Labute approximate surface area is 184 Å². The number of nitrogens with zero attached hydrogens (tertiary/aromatic N) is 1. The van der Waals surface area contributed by atoms with Gasteiger partial charge in [-0.05, 0) is 55.7 Å². The SMILES string of the molecule is CCc1ccc(N(CC(=O)N[C@H](C)c2ccccc2)S(=O)(=O)c2ccc(C)cc2)cc1. The molecule has 0 saturated heterocycles. The minimum Gasteiger partial charge on any atom is -0.348 e. The summed E-state index contributed by atoms with van der Waals surface area (Å²) < 4.78 is 28.0. The number of anilines is 1. The van der Waals surface area contributed by atoms with E-state index < -0.39 is 10.0 Å². The van der Waals surface area contributed by atoms with Crippen LogP contribution in [-0.4, -0.2) is 20.9 Å². The number of rotatable bonds is 8. The van der Waals surface area contributed by atoms with Crippen molar-refractivity contribution in [3.8, 4) is 0 Å². The Hall–Kier alpha value is -3.12. The smallest absolute Gasteiger partial charge is 0.264 e. The van der Waals surface area contributed by atoms with E-state index in [1.54, 1.807) is 36.4 Å². The largest absolute Gasteiger partial charge is 0.348 e. The van der Waals surface area contributed by atoms with Crippen LogP contribution in [0.3, 0.4) is 0 Å². The van der Waals surface area contributed by atoms with Gasteiger partial charge in [-0.3, -0.25) is 9.10 Å². The number of nitrogens with one attached hydrogen (secondary N) is 1. The number of aryl methyl sites for hydroxylation is 2. The van der Waals surface area contributed by atoms with Gasteiger partial charge in [0.15, 0.2) is 0 Å². The molecule has 0 spiro atoms. The number of benzene rings is 3. The molecule has 5 nitrogen and oxygen atoms in total. The maximum atomic E-state index is 13.4. The van der Waals surface area contributed by atoms with Crippen molar-refractivity contribution in [2.45, 2.75) is 38.1 Å². The van der Waals surface area contributed by atoms with E-state index in [2.05, 4.69) is 5.32 Å². The molecule has 31 heavy (non-hydrogen) atoms. The van der Waals surface area contributed by atoms with Crippen LogP contribution in [0.25, 0.3) is 0 Å². The average molecular weight is 437 g/mol. The Morgan fingerprint density at radius 1 is 0.935 bits per heavy atom. The second-order valence-electron chi connectivity index (χ2n) is 7.54. The molecule has 1 amide bonds. The molecule has 0 aliphatic rings. The van der Waals surface area contributed by atoms with E-state index in [1.165, 1.54) is 4.31 Å². The zero-order chi connectivity index (χ0) is 22.4. The predicted octanol–water partition coefficient (Wildman–Crippen LogP) is 4.63. The van der Waals surface area contributed by atoms with Crippen molar-refractivity contribution in [2.24, 2.45) is 0 Å². The summed E-state index contributed by atoms with van der Waals surface area (Å²) >= 11 is 0. The summed E-state index contributed by atoms with van der Waals surface area (Å²) in [4.78, 5) is 13.0. The van der Waals surface area contributed by atoms with Crippen molar-refractivity contribution >= 4 is 21.6 Å². The summed E-state index contributed by atoms with van der Waals surface area (Å²) in [6.07, 6.45) is 0.847. The molecule has 0 heterocycles. The number of hydrogen-bond acceptors (Lipinski definition) is 3. The molecule has 1 N–H and O–H groups in total. The number of hydrogen-bond donors (Lipinski definition) is 1. The molecule has 6 heteroatoms. The molecule has 0 fully saturated rings. The van der Waals surface area contributed by atoms with Crippen LogP contribution in [0.4, 0.5) is 5.69 Å². The lowest BCUT2D eigenvalue weighted by atomic mass is 10.1. The van der Waals surface area contributed by atoms with Crippen LogP contribution < -0.4 is 9.62 Å². The molecule has 162 valence electrons. The highest BCUT2D eigenvalue weighted by molar-refractivity contribution is 7.92. The zero-order valence-electron chi connectivity index (χ0n) is 18.1. The number of amides is 1. The summed E-state index contributed by atoms with van der Waals surface area (Å²) in [6.45, 7) is 5.51. The van der Waals surface area contributed by atoms with Crippen molar-refractivity contribution in [1.29, 1.82) is 0 Å². The number of carbonyl (C=O) groups is 1. The first-order chi connectivity index (χ1) is 14.8. The molecule has 3 aromatic rings. The Morgan fingerprint density at radius 3 is 2.13 bits per heavy atom. The molecule has 1 atom stereocenters. The van der Waals surface area contributed by atoms with Crippen molar-refractivity contribution < 1.29 is 13.2 Å². The standard InChI is InChI=1S/C25H28N2O3S/c1-4-21-12-14-23(15-13-21)27(31(29,30)24-16-10-19(2)11-17-24)18-25(28)26-20(3)22-8-6-5-7-9-22/h5-17,20H,4,18H2,1-3H3,(H,26,28)/t20-/m1/s1. The normalized spacial score (nSPS) is 12.2. The summed E-state index contributed by atoms with van der Waals surface area (Å²) in [5.74, 6) is -0.369. The zero-order valence-corrected chi connectivity index (χ0v) is 18.9. The van der Waals surface area contributed by atoms with Gasteiger partial charge < -0.3 is 5.32 Å². The molecule has 0 radical (unpaired) electrons. The highest BCUT2D eigenvalue weighted by Gasteiger charge is 2.27. The van der Waals surface area contributed by atoms with Crippen LogP contribution >= 0.6 is 0 Å². The highest BCUT2D eigenvalue weighted by Crippen LogP contribution is 2.25. The maximum absolute atomic E-state index is 13.4. The molecule has 0 aliphatic carbocycles. The summed E-state index contributed by atoms with van der Waals surface area (Å²) in [5.41, 5.74) is 3.47. The average Bonchev–Trinajstić information content (AvgIpc) is 2.78. The molecule has 0 aliphatic heterocycles. The summed E-state index contributed by atoms with van der Waals surface area (Å²) in [5, 5.41) is 2.91. The van der Waals surface area contributed by atoms with E-state index in [1.807, 2.05) is 63.2 Å². The molecular weight excluding hydrogens is 408 g/mol. The molecule has 0 saturated carbocycles. The van der Waals surface area contributed by atoms with Crippen LogP contribution in [-0.2, 0) is 21.2 Å². The summed E-state index contributed by atoms with van der Waals surface area (Å²) in [7, 11) is -3.91.